The Kier molecular flexibility index (Phi) is 4.71. The van der Waals surface area contributed by atoms with Crippen molar-refractivity contribution in [2.75, 3.05) is 30.9 Å². The van der Waals surface area contributed by atoms with Crippen LogP contribution in [0, 0.1) is 0 Å². The van der Waals surface area contributed by atoms with Crippen LogP contribution in [0.25, 0.3) is 0 Å². The van der Waals surface area contributed by atoms with Crippen molar-refractivity contribution < 1.29 is 0 Å². The molecule has 8 heteroatoms. The second kappa shape index (κ2) is 6.91. The summed E-state index contributed by atoms with van der Waals surface area (Å²) >= 11 is 0. The average molecular weight is 316 g/mol. The second-order valence-corrected chi connectivity index (χ2v) is 6.25. The lowest BCUT2D eigenvalue weighted by atomic mass is 9.78. The van der Waals surface area contributed by atoms with Gasteiger partial charge in [0.15, 0.2) is 0 Å². The van der Waals surface area contributed by atoms with Crippen LogP contribution in [0.2, 0.25) is 0 Å². The molecule has 2 aromatic rings. The van der Waals surface area contributed by atoms with Crippen molar-refractivity contribution in [1.82, 2.24) is 25.0 Å². The third-order valence-electron chi connectivity index (χ3n) is 4.07. The fourth-order valence-corrected chi connectivity index (χ4v) is 2.67. The maximum Gasteiger partial charge on any atom is 0.227 e. The first-order valence-electron chi connectivity index (χ1n) is 8.01. The molecular formula is C15H24N8. The molecule has 0 atom stereocenters. The van der Waals surface area contributed by atoms with Gasteiger partial charge in [0.1, 0.15) is 5.82 Å². The van der Waals surface area contributed by atoms with E-state index in [4.69, 9.17) is 5.73 Å². The molecule has 23 heavy (non-hydrogen) atoms. The highest BCUT2D eigenvalue weighted by Gasteiger charge is 2.29. The van der Waals surface area contributed by atoms with E-state index in [1.807, 2.05) is 29.9 Å². The van der Waals surface area contributed by atoms with Gasteiger partial charge in [-0.2, -0.15) is 4.98 Å². The van der Waals surface area contributed by atoms with Crippen molar-refractivity contribution >= 4 is 11.8 Å². The molecule has 0 unspecified atom stereocenters. The monoisotopic (exact) mass is 316 g/mol. The predicted molar refractivity (Wildman–Crippen MR) is 89.4 cm³/mol. The highest BCUT2D eigenvalue weighted by molar-refractivity contribution is 5.44. The largest absolute Gasteiger partial charge is 0.370 e. The van der Waals surface area contributed by atoms with E-state index in [9.17, 15) is 0 Å². The fourth-order valence-electron chi connectivity index (χ4n) is 2.67. The highest BCUT2D eigenvalue weighted by atomic mass is 15.4. The molecule has 0 amide bonds. The minimum Gasteiger partial charge on any atom is -0.370 e. The number of hydrogen-bond donors (Lipinski definition) is 2. The van der Waals surface area contributed by atoms with Crippen LogP contribution in [0.5, 0.6) is 0 Å². The molecular weight excluding hydrogens is 292 g/mol. The Hall–Kier alpha value is -2.22. The zero-order valence-electron chi connectivity index (χ0n) is 13.7. The van der Waals surface area contributed by atoms with Crippen LogP contribution in [-0.4, -0.2) is 51.6 Å². The van der Waals surface area contributed by atoms with Crippen molar-refractivity contribution in [3.8, 4) is 0 Å². The molecule has 3 N–H and O–H groups in total. The molecule has 1 saturated carbocycles. The summed E-state index contributed by atoms with van der Waals surface area (Å²) in [6.07, 6.45) is 6.53. The molecule has 0 saturated heterocycles. The first kappa shape index (κ1) is 15.7. The van der Waals surface area contributed by atoms with Crippen molar-refractivity contribution in [2.45, 2.75) is 37.8 Å². The third-order valence-corrected chi connectivity index (χ3v) is 4.07. The molecule has 1 fully saturated rings. The average Bonchev–Trinajstić information content (AvgIpc) is 3.01. The standard InChI is InChI=1S/C15H24N8/c1-22(2)15-19-13(11-8-12(16)9-11)10-14(20-15)17-4-3-6-23-7-5-18-21-23/h5,7,10-12H,3-4,6,8-9,16H2,1-2H3,(H,17,19,20). The van der Waals surface area contributed by atoms with Gasteiger partial charge in [-0.3, -0.25) is 4.68 Å². The number of aromatic nitrogens is 5. The molecule has 8 nitrogen and oxygen atoms in total. The van der Waals surface area contributed by atoms with Crippen LogP contribution in [0.1, 0.15) is 30.9 Å². The third kappa shape index (κ3) is 3.95. The van der Waals surface area contributed by atoms with E-state index in [2.05, 4.69) is 31.7 Å². The Morgan fingerprint density at radius 3 is 2.83 bits per heavy atom. The summed E-state index contributed by atoms with van der Waals surface area (Å²) in [6, 6.07) is 2.37. The molecule has 1 aliphatic rings. The lowest BCUT2D eigenvalue weighted by molar-refractivity contribution is 0.345. The summed E-state index contributed by atoms with van der Waals surface area (Å²) in [6.45, 7) is 1.66. The smallest absolute Gasteiger partial charge is 0.227 e. The molecule has 124 valence electrons. The van der Waals surface area contributed by atoms with Gasteiger partial charge in [-0.05, 0) is 19.3 Å². The normalized spacial score (nSPS) is 20.1. The Morgan fingerprint density at radius 1 is 1.35 bits per heavy atom. The number of anilines is 2. The van der Waals surface area contributed by atoms with Crippen LogP contribution in [0.4, 0.5) is 11.8 Å². The van der Waals surface area contributed by atoms with Gasteiger partial charge < -0.3 is 16.0 Å². The van der Waals surface area contributed by atoms with E-state index in [1.165, 1.54) is 0 Å². The van der Waals surface area contributed by atoms with Crippen molar-refractivity contribution in [2.24, 2.45) is 5.73 Å². The van der Waals surface area contributed by atoms with E-state index >= 15 is 0 Å². The maximum atomic E-state index is 5.90. The van der Waals surface area contributed by atoms with E-state index in [-0.39, 0.29) is 0 Å². The van der Waals surface area contributed by atoms with Gasteiger partial charge in [0, 0.05) is 51.4 Å². The molecule has 1 aliphatic carbocycles. The van der Waals surface area contributed by atoms with E-state index in [1.54, 1.807) is 6.20 Å². The Bertz CT molecular complexity index is 618. The maximum absolute atomic E-state index is 5.90. The van der Waals surface area contributed by atoms with E-state index < -0.39 is 0 Å². The number of hydrogen-bond acceptors (Lipinski definition) is 7. The molecule has 0 aromatic carbocycles. The zero-order valence-corrected chi connectivity index (χ0v) is 13.7. The summed E-state index contributed by atoms with van der Waals surface area (Å²) in [5.41, 5.74) is 6.99. The van der Waals surface area contributed by atoms with Crippen molar-refractivity contribution in [3.63, 3.8) is 0 Å². The van der Waals surface area contributed by atoms with Crippen molar-refractivity contribution in [3.05, 3.63) is 24.2 Å². The van der Waals surface area contributed by atoms with Crippen molar-refractivity contribution in [1.29, 1.82) is 0 Å². The SMILES string of the molecule is CN(C)c1nc(NCCCn2ccnn2)cc(C2CC(N)C2)n1. The summed E-state index contributed by atoms with van der Waals surface area (Å²) < 4.78 is 1.83. The minimum atomic E-state index is 0.317. The lowest BCUT2D eigenvalue weighted by Gasteiger charge is -2.32. The molecule has 0 aliphatic heterocycles. The number of aryl methyl sites for hydroxylation is 1. The summed E-state index contributed by atoms with van der Waals surface area (Å²) in [5, 5.41) is 11.1. The second-order valence-electron chi connectivity index (χ2n) is 6.25. The van der Waals surface area contributed by atoms with Crippen LogP contribution in [0.15, 0.2) is 18.5 Å². The number of nitrogens with one attached hydrogen (secondary N) is 1. The van der Waals surface area contributed by atoms with Crippen LogP contribution >= 0.6 is 0 Å². The van der Waals surface area contributed by atoms with Gasteiger partial charge in [-0.15, -0.1) is 5.10 Å². The van der Waals surface area contributed by atoms with Gasteiger partial charge in [0.2, 0.25) is 5.95 Å². The van der Waals surface area contributed by atoms with Crippen LogP contribution in [0.3, 0.4) is 0 Å². The molecule has 0 radical (unpaired) electrons. The lowest BCUT2D eigenvalue weighted by Crippen LogP contribution is -2.35. The molecule has 2 aromatic heterocycles. The molecule has 3 rings (SSSR count). The number of nitrogens with zero attached hydrogens (tertiary/aromatic N) is 6. The van der Waals surface area contributed by atoms with E-state index in [0.717, 1.165) is 49.8 Å². The van der Waals surface area contributed by atoms with Crippen LogP contribution in [-0.2, 0) is 6.54 Å². The highest BCUT2D eigenvalue weighted by Crippen LogP contribution is 2.35. The first-order valence-corrected chi connectivity index (χ1v) is 8.01. The molecule has 2 heterocycles. The molecule has 0 spiro atoms. The number of nitrogens with two attached hydrogens (primary N) is 1. The van der Waals surface area contributed by atoms with Gasteiger partial charge in [-0.25, -0.2) is 4.98 Å². The number of rotatable bonds is 7. The Labute approximate surface area is 136 Å². The van der Waals surface area contributed by atoms with Gasteiger partial charge in [0.05, 0.1) is 11.9 Å². The Morgan fingerprint density at radius 2 is 2.17 bits per heavy atom. The summed E-state index contributed by atoms with van der Waals surface area (Å²) in [4.78, 5) is 11.2. The van der Waals surface area contributed by atoms with Gasteiger partial charge in [-0.1, -0.05) is 5.21 Å². The minimum absolute atomic E-state index is 0.317. The van der Waals surface area contributed by atoms with Gasteiger partial charge in [0.25, 0.3) is 0 Å². The quantitative estimate of drug-likeness (QED) is 0.730. The Balaban J connectivity index is 1.60. The van der Waals surface area contributed by atoms with Gasteiger partial charge >= 0.3 is 0 Å². The zero-order chi connectivity index (χ0) is 16.2. The molecule has 0 bridgehead atoms. The summed E-state index contributed by atoms with van der Waals surface area (Å²) in [5.74, 6) is 2.07. The van der Waals surface area contributed by atoms with E-state index in [0.29, 0.717) is 12.0 Å². The predicted octanol–water partition coefficient (Wildman–Crippen LogP) is 0.841. The fraction of sp³-hybridized carbons (Fsp3) is 0.600. The summed E-state index contributed by atoms with van der Waals surface area (Å²) in [7, 11) is 3.92. The van der Waals surface area contributed by atoms with Crippen LogP contribution < -0.4 is 16.0 Å². The first-order chi connectivity index (χ1) is 11.1. The topological polar surface area (TPSA) is 97.8 Å².